The van der Waals surface area contributed by atoms with Crippen LogP contribution in [0.2, 0.25) is 0 Å². The van der Waals surface area contributed by atoms with Crippen molar-refractivity contribution in [2.45, 2.75) is 33.2 Å². The minimum Gasteiger partial charge on any atom is -0.380 e. The van der Waals surface area contributed by atoms with Gasteiger partial charge in [-0.05, 0) is 40.8 Å². The average molecular weight is 320 g/mol. The van der Waals surface area contributed by atoms with Crippen molar-refractivity contribution < 1.29 is 4.74 Å². The van der Waals surface area contributed by atoms with E-state index >= 15 is 0 Å². The topological polar surface area (TPSA) is 21.3 Å². The molecule has 0 radical (unpaired) electrons. The van der Waals surface area contributed by atoms with Crippen LogP contribution in [-0.4, -0.2) is 19.8 Å². The van der Waals surface area contributed by atoms with Crippen LogP contribution in [0.5, 0.6) is 0 Å². The van der Waals surface area contributed by atoms with Gasteiger partial charge in [-0.2, -0.15) is 0 Å². The standard InChI is InChI=1S/C13H22BrNOS/c1-11(2)4-3-6-16-7-5-15-9-13-8-12(14)10-17-13/h8,10-11,15H,3-7,9H2,1-2H3. The summed E-state index contributed by atoms with van der Waals surface area (Å²) in [5, 5.41) is 5.49. The molecule has 1 N–H and O–H groups in total. The predicted molar refractivity (Wildman–Crippen MR) is 78.6 cm³/mol. The van der Waals surface area contributed by atoms with Crippen molar-refractivity contribution in [3.63, 3.8) is 0 Å². The molecule has 0 spiro atoms. The molecule has 0 fully saturated rings. The lowest BCUT2D eigenvalue weighted by Gasteiger charge is -2.06. The Morgan fingerprint density at radius 1 is 1.41 bits per heavy atom. The van der Waals surface area contributed by atoms with Crippen LogP contribution in [0.25, 0.3) is 0 Å². The van der Waals surface area contributed by atoms with Gasteiger partial charge in [0.05, 0.1) is 6.61 Å². The van der Waals surface area contributed by atoms with Gasteiger partial charge in [0.2, 0.25) is 0 Å². The number of rotatable bonds is 9. The summed E-state index contributed by atoms with van der Waals surface area (Å²) in [6.45, 7) is 8.07. The Bertz CT molecular complexity index is 301. The summed E-state index contributed by atoms with van der Waals surface area (Å²) in [4.78, 5) is 1.36. The van der Waals surface area contributed by atoms with E-state index in [1.807, 2.05) is 0 Å². The molecular weight excluding hydrogens is 298 g/mol. The zero-order chi connectivity index (χ0) is 12.5. The van der Waals surface area contributed by atoms with Crippen molar-refractivity contribution in [1.82, 2.24) is 5.32 Å². The molecule has 0 bridgehead atoms. The number of nitrogens with one attached hydrogen (secondary N) is 1. The highest BCUT2D eigenvalue weighted by molar-refractivity contribution is 9.10. The third-order valence-electron chi connectivity index (χ3n) is 2.41. The number of thiophene rings is 1. The Hall–Kier alpha value is 0.1000. The third-order valence-corrected chi connectivity index (χ3v) is 4.11. The van der Waals surface area contributed by atoms with Crippen LogP contribution < -0.4 is 5.32 Å². The molecule has 0 atom stereocenters. The van der Waals surface area contributed by atoms with Gasteiger partial charge in [0.1, 0.15) is 0 Å². The maximum absolute atomic E-state index is 5.56. The van der Waals surface area contributed by atoms with Crippen LogP contribution in [-0.2, 0) is 11.3 Å². The largest absolute Gasteiger partial charge is 0.380 e. The second kappa shape index (κ2) is 9.09. The fraction of sp³-hybridized carbons (Fsp3) is 0.692. The molecule has 0 amide bonds. The van der Waals surface area contributed by atoms with E-state index in [0.717, 1.165) is 32.2 Å². The Balaban J connectivity index is 1.88. The van der Waals surface area contributed by atoms with Gasteiger partial charge in [-0.3, -0.25) is 0 Å². The van der Waals surface area contributed by atoms with E-state index in [1.54, 1.807) is 11.3 Å². The van der Waals surface area contributed by atoms with Gasteiger partial charge in [0.15, 0.2) is 0 Å². The van der Waals surface area contributed by atoms with Crippen molar-refractivity contribution in [2.24, 2.45) is 5.92 Å². The molecule has 0 unspecified atom stereocenters. The van der Waals surface area contributed by atoms with Gasteiger partial charge < -0.3 is 10.1 Å². The fourth-order valence-electron chi connectivity index (χ4n) is 1.50. The van der Waals surface area contributed by atoms with Gasteiger partial charge in [-0.1, -0.05) is 13.8 Å². The molecule has 0 saturated carbocycles. The van der Waals surface area contributed by atoms with Crippen molar-refractivity contribution >= 4 is 27.3 Å². The first-order valence-corrected chi connectivity index (χ1v) is 7.87. The minimum atomic E-state index is 0.786. The molecule has 17 heavy (non-hydrogen) atoms. The SMILES string of the molecule is CC(C)CCCOCCNCc1cc(Br)cs1. The Labute approximate surface area is 117 Å². The second-order valence-electron chi connectivity index (χ2n) is 4.56. The summed E-state index contributed by atoms with van der Waals surface area (Å²) < 4.78 is 6.73. The van der Waals surface area contributed by atoms with Crippen molar-refractivity contribution in [2.75, 3.05) is 19.8 Å². The van der Waals surface area contributed by atoms with E-state index < -0.39 is 0 Å². The molecule has 0 aliphatic carbocycles. The monoisotopic (exact) mass is 319 g/mol. The molecule has 4 heteroatoms. The van der Waals surface area contributed by atoms with Crippen molar-refractivity contribution in [3.05, 3.63) is 20.8 Å². The first-order chi connectivity index (χ1) is 8.18. The van der Waals surface area contributed by atoms with E-state index in [1.165, 1.54) is 22.2 Å². The first-order valence-electron chi connectivity index (χ1n) is 6.20. The maximum atomic E-state index is 5.56. The summed E-state index contributed by atoms with van der Waals surface area (Å²) in [5.74, 6) is 0.786. The Morgan fingerprint density at radius 2 is 2.24 bits per heavy atom. The van der Waals surface area contributed by atoms with Gasteiger partial charge in [0, 0.05) is 34.4 Å². The van der Waals surface area contributed by atoms with E-state index in [-0.39, 0.29) is 0 Å². The number of hydrogen-bond donors (Lipinski definition) is 1. The highest BCUT2D eigenvalue weighted by Gasteiger charge is 1.97. The summed E-state index contributed by atoms with van der Waals surface area (Å²) in [7, 11) is 0. The smallest absolute Gasteiger partial charge is 0.0591 e. The summed E-state index contributed by atoms with van der Waals surface area (Å²) in [6, 6.07) is 2.15. The van der Waals surface area contributed by atoms with Crippen LogP contribution >= 0.6 is 27.3 Å². The quantitative estimate of drug-likeness (QED) is 0.693. The van der Waals surface area contributed by atoms with Gasteiger partial charge in [-0.15, -0.1) is 11.3 Å². The van der Waals surface area contributed by atoms with Gasteiger partial charge in [0.25, 0.3) is 0 Å². The normalized spacial score (nSPS) is 11.3. The number of halogens is 1. The third kappa shape index (κ3) is 7.92. The van der Waals surface area contributed by atoms with Crippen LogP contribution in [0.15, 0.2) is 15.9 Å². The van der Waals surface area contributed by atoms with Crippen molar-refractivity contribution in [3.8, 4) is 0 Å². The van der Waals surface area contributed by atoms with Crippen molar-refractivity contribution in [1.29, 1.82) is 0 Å². The first kappa shape index (κ1) is 15.2. The van der Waals surface area contributed by atoms with E-state index in [2.05, 4.69) is 46.5 Å². The Kier molecular flexibility index (Phi) is 8.10. The van der Waals surface area contributed by atoms with Crippen LogP contribution in [0.3, 0.4) is 0 Å². The molecule has 1 rings (SSSR count). The van der Waals surface area contributed by atoms with Gasteiger partial charge >= 0.3 is 0 Å². The average Bonchev–Trinajstić information content (AvgIpc) is 2.68. The molecular formula is C13H22BrNOS. The van der Waals surface area contributed by atoms with E-state index in [0.29, 0.717) is 0 Å². The van der Waals surface area contributed by atoms with E-state index in [9.17, 15) is 0 Å². The summed E-state index contributed by atoms with van der Waals surface area (Å²) in [6.07, 6.45) is 2.44. The fourth-order valence-corrected chi connectivity index (χ4v) is 2.92. The molecule has 0 aliphatic heterocycles. The molecule has 1 aromatic rings. The van der Waals surface area contributed by atoms with Gasteiger partial charge in [-0.25, -0.2) is 0 Å². The lowest BCUT2D eigenvalue weighted by atomic mass is 10.1. The summed E-state index contributed by atoms with van der Waals surface area (Å²) >= 11 is 5.23. The maximum Gasteiger partial charge on any atom is 0.0591 e. The Morgan fingerprint density at radius 3 is 2.88 bits per heavy atom. The number of hydrogen-bond acceptors (Lipinski definition) is 3. The lowest BCUT2D eigenvalue weighted by molar-refractivity contribution is 0.129. The molecule has 0 saturated heterocycles. The highest BCUT2D eigenvalue weighted by Crippen LogP contribution is 2.19. The zero-order valence-corrected chi connectivity index (χ0v) is 13.1. The molecule has 1 aromatic heterocycles. The van der Waals surface area contributed by atoms with Crippen LogP contribution in [0.4, 0.5) is 0 Å². The second-order valence-corrected chi connectivity index (χ2v) is 6.47. The summed E-state index contributed by atoms with van der Waals surface area (Å²) in [5.41, 5.74) is 0. The predicted octanol–water partition coefficient (Wildman–Crippen LogP) is 4.05. The molecule has 1 heterocycles. The van der Waals surface area contributed by atoms with Crippen LogP contribution in [0.1, 0.15) is 31.6 Å². The molecule has 2 nitrogen and oxygen atoms in total. The number of ether oxygens (including phenoxy) is 1. The molecule has 0 aromatic carbocycles. The molecule has 0 aliphatic rings. The van der Waals surface area contributed by atoms with E-state index in [4.69, 9.17) is 4.74 Å². The zero-order valence-electron chi connectivity index (χ0n) is 10.7. The lowest BCUT2D eigenvalue weighted by Crippen LogP contribution is -2.19. The van der Waals surface area contributed by atoms with Crippen LogP contribution in [0, 0.1) is 5.92 Å². The minimum absolute atomic E-state index is 0.786. The molecule has 98 valence electrons. The highest BCUT2D eigenvalue weighted by atomic mass is 79.9.